The molecule has 4 nitrogen and oxygen atoms in total. The van der Waals surface area contributed by atoms with Crippen LogP contribution in [0.1, 0.15) is 50.4 Å². The van der Waals surface area contributed by atoms with Crippen LogP contribution >= 0.6 is 0 Å². The van der Waals surface area contributed by atoms with Crippen LogP contribution in [0.3, 0.4) is 0 Å². The van der Waals surface area contributed by atoms with E-state index in [0.717, 1.165) is 11.1 Å². The quantitative estimate of drug-likeness (QED) is 0.880. The van der Waals surface area contributed by atoms with E-state index in [1.54, 1.807) is 0 Å². The molecule has 0 radical (unpaired) electrons. The first-order chi connectivity index (χ1) is 8.62. The van der Waals surface area contributed by atoms with Gasteiger partial charge in [-0.05, 0) is 29.0 Å². The van der Waals surface area contributed by atoms with Gasteiger partial charge >= 0.3 is 5.97 Å². The van der Waals surface area contributed by atoms with Crippen molar-refractivity contribution in [2.45, 2.75) is 46.1 Å². The van der Waals surface area contributed by atoms with Crippen molar-refractivity contribution in [1.82, 2.24) is 5.32 Å². The monoisotopic (exact) mass is 263 g/mol. The third-order valence-electron chi connectivity index (χ3n) is 3.05. The van der Waals surface area contributed by atoms with Crippen molar-refractivity contribution in [3.8, 4) is 0 Å². The molecule has 0 heterocycles. The van der Waals surface area contributed by atoms with Crippen LogP contribution in [0.2, 0.25) is 0 Å². The zero-order chi connectivity index (χ0) is 14.8. The van der Waals surface area contributed by atoms with E-state index in [4.69, 9.17) is 0 Å². The lowest BCUT2D eigenvalue weighted by molar-refractivity contribution is -0.141. The maximum Gasteiger partial charge on any atom is 0.330 e. The van der Waals surface area contributed by atoms with Crippen LogP contribution in [0.25, 0.3) is 0 Å². The van der Waals surface area contributed by atoms with Gasteiger partial charge in [0, 0.05) is 6.92 Å². The number of nitrogens with one attached hydrogen (secondary N) is 1. The van der Waals surface area contributed by atoms with E-state index >= 15 is 0 Å². The van der Waals surface area contributed by atoms with E-state index < -0.39 is 12.0 Å². The summed E-state index contributed by atoms with van der Waals surface area (Å²) in [4.78, 5) is 22.5. The molecular formula is C15H21NO3. The summed E-state index contributed by atoms with van der Waals surface area (Å²) in [6, 6.07) is 4.75. The minimum absolute atomic E-state index is 0.0677. The molecule has 0 saturated heterocycles. The maximum atomic E-state index is 11.3. The summed E-state index contributed by atoms with van der Waals surface area (Å²) in [5, 5.41) is 11.8. The van der Waals surface area contributed by atoms with Crippen LogP contribution in [0.5, 0.6) is 0 Å². The minimum atomic E-state index is -1.05. The van der Waals surface area contributed by atoms with Gasteiger partial charge in [-0.3, -0.25) is 4.79 Å². The first-order valence-electron chi connectivity index (χ1n) is 6.24. The summed E-state index contributed by atoms with van der Waals surface area (Å²) < 4.78 is 0. The molecule has 0 spiro atoms. The number of carboxylic acid groups (broad SMARTS) is 1. The Hall–Kier alpha value is -1.84. The van der Waals surface area contributed by atoms with Crippen molar-refractivity contribution >= 4 is 11.9 Å². The second kappa shape index (κ2) is 5.43. The molecule has 0 aliphatic carbocycles. The molecule has 1 amide bonds. The molecule has 0 bridgehead atoms. The summed E-state index contributed by atoms with van der Waals surface area (Å²) >= 11 is 0. The molecule has 1 rings (SSSR count). The second-order valence-corrected chi connectivity index (χ2v) is 5.79. The second-order valence-electron chi connectivity index (χ2n) is 5.79. The molecule has 19 heavy (non-hydrogen) atoms. The number of hydrogen-bond donors (Lipinski definition) is 2. The zero-order valence-corrected chi connectivity index (χ0v) is 12.1. The van der Waals surface area contributed by atoms with Crippen molar-refractivity contribution in [2.75, 3.05) is 0 Å². The molecule has 1 unspecified atom stereocenters. The smallest absolute Gasteiger partial charge is 0.330 e. The summed E-state index contributed by atoms with van der Waals surface area (Å²) in [7, 11) is 0. The van der Waals surface area contributed by atoms with Crippen LogP contribution in [-0.4, -0.2) is 17.0 Å². The number of hydrogen-bond acceptors (Lipinski definition) is 2. The summed E-state index contributed by atoms with van der Waals surface area (Å²) in [6.07, 6.45) is 0. The van der Waals surface area contributed by atoms with E-state index in [-0.39, 0.29) is 11.3 Å². The number of carboxylic acids is 1. The fraction of sp³-hybridized carbons (Fsp3) is 0.467. The SMILES string of the molecule is CC(=O)NC(C(=O)O)c1cc(C(C)(C)C)ccc1C. The molecule has 1 aromatic rings. The van der Waals surface area contributed by atoms with Gasteiger partial charge < -0.3 is 10.4 Å². The van der Waals surface area contributed by atoms with Gasteiger partial charge in [-0.1, -0.05) is 39.0 Å². The summed E-state index contributed by atoms with van der Waals surface area (Å²) in [5.41, 5.74) is 2.47. The largest absolute Gasteiger partial charge is 0.479 e. The zero-order valence-electron chi connectivity index (χ0n) is 12.1. The molecule has 0 aliphatic heterocycles. The van der Waals surface area contributed by atoms with Gasteiger partial charge in [0.1, 0.15) is 0 Å². The Kier molecular flexibility index (Phi) is 4.35. The van der Waals surface area contributed by atoms with E-state index in [1.165, 1.54) is 6.92 Å². The highest BCUT2D eigenvalue weighted by molar-refractivity contribution is 5.83. The van der Waals surface area contributed by atoms with Crippen LogP contribution in [0.15, 0.2) is 18.2 Å². The number of rotatable bonds is 3. The predicted molar refractivity (Wildman–Crippen MR) is 74.1 cm³/mol. The van der Waals surface area contributed by atoms with Gasteiger partial charge in [-0.15, -0.1) is 0 Å². The first-order valence-corrected chi connectivity index (χ1v) is 6.24. The number of aryl methyl sites for hydroxylation is 1. The molecule has 4 heteroatoms. The summed E-state index contributed by atoms with van der Waals surface area (Å²) in [5.74, 6) is -1.41. The van der Waals surface area contributed by atoms with Crippen molar-refractivity contribution in [2.24, 2.45) is 0 Å². The van der Waals surface area contributed by atoms with Gasteiger partial charge in [-0.25, -0.2) is 4.79 Å². The standard InChI is InChI=1S/C15H21NO3/c1-9-6-7-11(15(3,4)5)8-12(9)13(14(18)19)16-10(2)17/h6-8,13H,1-5H3,(H,16,17)(H,18,19). The third-order valence-corrected chi connectivity index (χ3v) is 3.05. The number of amides is 1. The van der Waals surface area contributed by atoms with Crippen LogP contribution in [0, 0.1) is 6.92 Å². The van der Waals surface area contributed by atoms with Gasteiger partial charge in [0.15, 0.2) is 6.04 Å². The highest BCUT2D eigenvalue weighted by atomic mass is 16.4. The van der Waals surface area contributed by atoms with E-state index in [9.17, 15) is 14.7 Å². The lowest BCUT2D eigenvalue weighted by atomic mass is 9.84. The molecule has 0 fully saturated rings. The van der Waals surface area contributed by atoms with E-state index in [2.05, 4.69) is 26.1 Å². The Morgan fingerprint density at radius 1 is 1.26 bits per heavy atom. The number of aliphatic carboxylic acids is 1. The van der Waals surface area contributed by atoms with Crippen molar-refractivity contribution < 1.29 is 14.7 Å². The van der Waals surface area contributed by atoms with Gasteiger partial charge in [0.2, 0.25) is 5.91 Å². The normalized spacial score (nSPS) is 12.9. The van der Waals surface area contributed by atoms with Crippen molar-refractivity contribution in [3.63, 3.8) is 0 Å². The molecule has 104 valence electrons. The molecule has 2 N–H and O–H groups in total. The fourth-order valence-electron chi connectivity index (χ4n) is 1.89. The number of carbonyl (C=O) groups is 2. The molecule has 0 aromatic heterocycles. The Labute approximate surface area is 113 Å². The van der Waals surface area contributed by atoms with Crippen LogP contribution < -0.4 is 5.32 Å². The van der Waals surface area contributed by atoms with Crippen molar-refractivity contribution in [1.29, 1.82) is 0 Å². The lowest BCUT2D eigenvalue weighted by Crippen LogP contribution is -2.32. The topological polar surface area (TPSA) is 66.4 Å². The lowest BCUT2D eigenvalue weighted by Gasteiger charge is -2.23. The van der Waals surface area contributed by atoms with Gasteiger partial charge in [-0.2, -0.15) is 0 Å². The Balaban J connectivity index is 3.29. The minimum Gasteiger partial charge on any atom is -0.479 e. The molecule has 1 aromatic carbocycles. The highest BCUT2D eigenvalue weighted by Crippen LogP contribution is 2.27. The average molecular weight is 263 g/mol. The molecule has 0 aliphatic rings. The predicted octanol–water partition coefficient (Wildman–Crippen LogP) is 2.55. The van der Waals surface area contributed by atoms with Gasteiger partial charge in [0.25, 0.3) is 0 Å². The highest BCUT2D eigenvalue weighted by Gasteiger charge is 2.24. The Morgan fingerprint density at radius 3 is 2.26 bits per heavy atom. The van der Waals surface area contributed by atoms with Crippen LogP contribution in [-0.2, 0) is 15.0 Å². The van der Waals surface area contributed by atoms with E-state index in [1.807, 2.05) is 25.1 Å². The van der Waals surface area contributed by atoms with Crippen molar-refractivity contribution in [3.05, 3.63) is 34.9 Å². The average Bonchev–Trinajstić information content (AvgIpc) is 2.24. The Morgan fingerprint density at radius 2 is 1.84 bits per heavy atom. The van der Waals surface area contributed by atoms with E-state index in [0.29, 0.717) is 5.56 Å². The van der Waals surface area contributed by atoms with Gasteiger partial charge in [0.05, 0.1) is 0 Å². The molecule has 1 atom stereocenters. The number of carbonyl (C=O) groups excluding carboxylic acids is 1. The Bertz CT molecular complexity index is 501. The maximum absolute atomic E-state index is 11.3. The fourth-order valence-corrected chi connectivity index (χ4v) is 1.89. The number of benzene rings is 1. The third kappa shape index (κ3) is 3.81. The summed E-state index contributed by atoms with van der Waals surface area (Å²) in [6.45, 7) is 9.36. The first kappa shape index (κ1) is 15.2. The molecule has 0 saturated carbocycles. The molecular weight excluding hydrogens is 242 g/mol. The van der Waals surface area contributed by atoms with Crippen LogP contribution in [0.4, 0.5) is 0 Å².